The predicted octanol–water partition coefficient (Wildman–Crippen LogP) is 4.10. The second kappa shape index (κ2) is 5.77. The summed E-state index contributed by atoms with van der Waals surface area (Å²) in [4.78, 5) is 6.76. The fraction of sp³-hybridized carbons (Fsp3) is 0.263. The molecule has 1 aromatic heterocycles. The monoisotopic (exact) mass is 303 g/mol. The lowest BCUT2D eigenvalue weighted by Crippen LogP contribution is -2.34. The second-order valence-corrected chi connectivity index (χ2v) is 5.88. The number of hydrogen-bond donors (Lipinski definition) is 0. The van der Waals surface area contributed by atoms with Crippen molar-refractivity contribution in [1.82, 2.24) is 4.98 Å². The molecule has 0 spiro atoms. The van der Waals surface area contributed by atoms with Gasteiger partial charge in [0.2, 0.25) is 0 Å². The minimum absolute atomic E-state index is 0.107. The molecule has 2 heterocycles. The van der Waals surface area contributed by atoms with Gasteiger partial charge in [-0.3, -0.25) is 0 Å². The fourth-order valence-electron chi connectivity index (χ4n) is 3.40. The summed E-state index contributed by atoms with van der Waals surface area (Å²) in [5.41, 5.74) is 2.71. The van der Waals surface area contributed by atoms with Crippen LogP contribution in [0.15, 0.2) is 59.0 Å². The van der Waals surface area contributed by atoms with Crippen LogP contribution in [0.25, 0.3) is 11.1 Å². The van der Waals surface area contributed by atoms with Crippen LogP contribution in [0.1, 0.15) is 24.3 Å². The Bertz CT molecular complexity index is 817. The van der Waals surface area contributed by atoms with Crippen molar-refractivity contribution in [1.29, 1.82) is 5.26 Å². The molecule has 3 aromatic rings. The summed E-state index contributed by atoms with van der Waals surface area (Å²) in [6.45, 7) is 0.877. The maximum atomic E-state index is 9.72. The highest BCUT2D eigenvalue weighted by Gasteiger charge is 2.35. The first-order valence-corrected chi connectivity index (χ1v) is 7.93. The molecule has 1 aliphatic heterocycles. The van der Waals surface area contributed by atoms with Gasteiger partial charge in [-0.05, 0) is 30.5 Å². The molecule has 2 atom stereocenters. The Morgan fingerprint density at radius 2 is 1.91 bits per heavy atom. The lowest BCUT2D eigenvalue weighted by molar-refractivity contribution is 0.530. The largest absolute Gasteiger partial charge is 0.423 e. The maximum absolute atomic E-state index is 9.72. The summed E-state index contributed by atoms with van der Waals surface area (Å²) < 4.78 is 5.92. The van der Waals surface area contributed by atoms with Crippen LogP contribution in [0.4, 0.5) is 6.01 Å². The molecule has 23 heavy (non-hydrogen) atoms. The van der Waals surface area contributed by atoms with E-state index in [9.17, 15) is 5.26 Å². The van der Waals surface area contributed by atoms with Crippen LogP contribution in [0.5, 0.6) is 0 Å². The third-order valence-electron chi connectivity index (χ3n) is 4.51. The fourth-order valence-corrected chi connectivity index (χ4v) is 3.40. The van der Waals surface area contributed by atoms with Crippen molar-refractivity contribution in [3.8, 4) is 6.07 Å². The number of nitrogens with zero attached hydrogens (tertiary/aromatic N) is 3. The molecule has 0 saturated carbocycles. The standard InChI is InChI=1S/C19H17N3O/c20-13-15(14-7-2-1-3-8-14)17-10-6-12-22(17)19-21-16-9-4-5-11-18(16)23-19/h1-5,7-9,11,15,17H,6,10,12H2. The van der Waals surface area contributed by atoms with Gasteiger partial charge in [-0.1, -0.05) is 42.5 Å². The first kappa shape index (κ1) is 13.8. The summed E-state index contributed by atoms with van der Waals surface area (Å²) in [6, 6.07) is 21.0. The third kappa shape index (κ3) is 2.44. The van der Waals surface area contributed by atoms with E-state index in [4.69, 9.17) is 4.42 Å². The highest BCUT2D eigenvalue weighted by Crippen LogP contribution is 2.35. The van der Waals surface area contributed by atoms with Gasteiger partial charge in [-0.2, -0.15) is 10.2 Å². The molecular weight excluding hydrogens is 286 g/mol. The molecule has 0 aliphatic carbocycles. The van der Waals surface area contributed by atoms with Crippen molar-refractivity contribution < 1.29 is 4.42 Å². The highest BCUT2D eigenvalue weighted by atomic mass is 16.4. The van der Waals surface area contributed by atoms with Gasteiger partial charge in [0.15, 0.2) is 5.58 Å². The molecule has 1 fully saturated rings. The minimum atomic E-state index is -0.172. The number of para-hydroxylation sites is 2. The Morgan fingerprint density at radius 1 is 1.13 bits per heavy atom. The van der Waals surface area contributed by atoms with E-state index >= 15 is 0 Å². The number of rotatable bonds is 3. The first-order chi connectivity index (χ1) is 11.4. The summed E-state index contributed by atoms with van der Waals surface area (Å²) in [5, 5.41) is 9.72. The molecule has 0 radical (unpaired) electrons. The molecule has 0 N–H and O–H groups in total. The summed E-state index contributed by atoms with van der Waals surface area (Å²) in [7, 11) is 0. The van der Waals surface area contributed by atoms with Crippen LogP contribution in [-0.2, 0) is 0 Å². The maximum Gasteiger partial charge on any atom is 0.298 e. The number of nitriles is 1. The van der Waals surface area contributed by atoms with Crippen molar-refractivity contribution in [2.45, 2.75) is 24.8 Å². The minimum Gasteiger partial charge on any atom is -0.423 e. The van der Waals surface area contributed by atoms with Gasteiger partial charge in [-0.25, -0.2) is 0 Å². The molecule has 0 amide bonds. The summed E-state index contributed by atoms with van der Waals surface area (Å²) >= 11 is 0. The normalized spacial score (nSPS) is 18.9. The molecule has 1 saturated heterocycles. The number of fused-ring (bicyclic) bond motifs is 1. The van der Waals surface area contributed by atoms with Gasteiger partial charge >= 0.3 is 0 Å². The van der Waals surface area contributed by atoms with Crippen molar-refractivity contribution >= 4 is 17.1 Å². The quantitative estimate of drug-likeness (QED) is 0.731. The Labute approximate surface area is 135 Å². The zero-order valence-corrected chi connectivity index (χ0v) is 12.7. The molecule has 4 nitrogen and oxygen atoms in total. The van der Waals surface area contributed by atoms with Crippen LogP contribution >= 0.6 is 0 Å². The van der Waals surface area contributed by atoms with Crippen LogP contribution in [0.2, 0.25) is 0 Å². The van der Waals surface area contributed by atoms with Gasteiger partial charge in [0.25, 0.3) is 6.01 Å². The summed E-state index contributed by atoms with van der Waals surface area (Å²) in [5.74, 6) is -0.172. The number of oxazole rings is 1. The van der Waals surface area contributed by atoms with Crippen LogP contribution < -0.4 is 4.90 Å². The van der Waals surface area contributed by atoms with Gasteiger partial charge in [0, 0.05) is 6.54 Å². The zero-order valence-electron chi connectivity index (χ0n) is 12.7. The van der Waals surface area contributed by atoms with Crippen LogP contribution in [-0.4, -0.2) is 17.6 Å². The Hall–Kier alpha value is -2.80. The second-order valence-electron chi connectivity index (χ2n) is 5.88. The topological polar surface area (TPSA) is 53.1 Å². The molecule has 4 heteroatoms. The molecule has 2 unspecified atom stereocenters. The average molecular weight is 303 g/mol. The Morgan fingerprint density at radius 3 is 2.70 bits per heavy atom. The van der Waals surface area contributed by atoms with E-state index in [0.29, 0.717) is 6.01 Å². The molecular formula is C19H17N3O. The van der Waals surface area contributed by atoms with Crippen molar-refractivity contribution in [2.75, 3.05) is 11.4 Å². The van der Waals surface area contributed by atoms with E-state index in [2.05, 4.69) is 16.0 Å². The van der Waals surface area contributed by atoms with Gasteiger partial charge < -0.3 is 9.32 Å². The van der Waals surface area contributed by atoms with Crippen molar-refractivity contribution in [3.05, 3.63) is 60.2 Å². The lowest BCUT2D eigenvalue weighted by Gasteiger charge is -2.26. The number of benzene rings is 2. The van der Waals surface area contributed by atoms with E-state index in [1.54, 1.807) is 0 Å². The number of hydrogen-bond acceptors (Lipinski definition) is 4. The Balaban J connectivity index is 1.69. The van der Waals surface area contributed by atoms with E-state index in [1.165, 1.54) is 0 Å². The number of anilines is 1. The third-order valence-corrected chi connectivity index (χ3v) is 4.51. The lowest BCUT2D eigenvalue weighted by atomic mass is 9.91. The van der Waals surface area contributed by atoms with E-state index in [0.717, 1.165) is 36.0 Å². The number of aromatic nitrogens is 1. The van der Waals surface area contributed by atoms with E-state index in [-0.39, 0.29) is 12.0 Å². The average Bonchev–Trinajstić information content (AvgIpc) is 3.23. The molecule has 1 aliphatic rings. The SMILES string of the molecule is N#CC(c1ccccc1)C1CCCN1c1nc2ccccc2o1. The highest BCUT2D eigenvalue weighted by molar-refractivity contribution is 5.74. The molecule has 0 bridgehead atoms. The van der Waals surface area contributed by atoms with E-state index in [1.807, 2.05) is 54.6 Å². The molecule has 2 aromatic carbocycles. The van der Waals surface area contributed by atoms with Crippen LogP contribution in [0, 0.1) is 11.3 Å². The smallest absolute Gasteiger partial charge is 0.298 e. The van der Waals surface area contributed by atoms with Crippen LogP contribution in [0.3, 0.4) is 0 Å². The first-order valence-electron chi connectivity index (χ1n) is 7.93. The van der Waals surface area contributed by atoms with Crippen molar-refractivity contribution in [3.63, 3.8) is 0 Å². The van der Waals surface area contributed by atoms with Crippen molar-refractivity contribution in [2.24, 2.45) is 0 Å². The molecule has 4 rings (SSSR count). The zero-order chi connectivity index (χ0) is 15.6. The molecule has 114 valence electrons. The van der Waals surface area contributed by atoms with Gasteiger partial charge in [0.05, 0.1) is 18.0 Å². The predicted molar refractivity (Wildman–Crippen MR) is 89.2 cm³/mol. The van der Waals surface area contributed by atoms with Gasteiger partial charge in [-0.15, -0.1) is 0 Å². The van der Waals surface area contributed by atoms with Gasteiger partial charge in [0.1, 0.15) is 5.52 Å². The summed E-state index contributed by atoms with van der Waals surface area (Å²) in [6.07, 6.45) is 2.03. The van der Waals surface area contributed by atoms with E-state index < -0.39 is 0 Å². The Kier molecular flexibility index (Phi) is 3.47.